The van der Waals surface area contributed by atoms with Crippen LogP contribution in [-0.2, 0) is 0 Å². The summed E-state index contributed by atoms with van der Waals surface area (Å²) >= 11 is 3.39. The largest absolute Gasteiger partial charge is 0.350 e. The molecule has 0 aliphatic carbocycles. The van der Waals surface area contributed by atoms with Gasteiger partial charge in [0.1, 0.15) is 0 Å². The van der Waals surface area contributed by atoms with Crippen molar-refractivity contribution < 1.29 is 4.79 Å². The van der Waals surface area contributed by atoms with Gasteiger partial charge in [-0.1, -0.05) is 32.4 Å². The number of carbonyl (C=O) groups is 1. The molecule has 1 N–H and O–H groups in total. The van der Waals surface area contributed by atoms with Gasteiger partial charge < -0.3 is 5.32 Å². The van der Waals surface area contributed by atoms with Crippen molar-refractivity contribution in [2.75, 3.05) is 0 Å². The number of amides is 1. The minimum absolute atomic E-state index is 0.00622. The number of halogens is 1. The highest BCUT2D eigenvalue weighted by Gasteiger charge is 2.13. The monoisotopic (exact) mass is 297 g/mol. The average molecular weight is 298 g/mol. The summed E-state index contributed by atoms with van der Waals surface area (Å²) in [4.78, 5) is 12.0. The van der Waals surface area contributed by atoms with Crippen molar-refractivity contribution in [1.82, 2.24) is 5.32 Å². The van der Waals surface area contributed by atoms with E-state index in [-0.39, 0.29) is 11.9 Å². The Morgan fingerprint density at radius 1 is 1.35 bits per heavy atom. The SMILES string of the molecule is CCC(C)CC(C)NC(=O)c1ccccc1Br. The van der Waals surface area contributed by atoms with Crippen LogP contribution in [0.4, 0.5) is 0 Å². The molecule has 1 amide bonds. The van der Waals surface area contributed by atoms with Gasteiger partial charge in [-0.15, -0.1) is 0 Å². The van der Waals surface area contributed by atoms with Gasteiger partial charge >= 0.3 is 0 Å². The lowest BCUT2D eigenvalue weighted by Gasteiger charge is -2.17. The fourth-order valence-corrected chi connectivity index (χ4v) is 2.24. The van der Waals surface area contributed by atoms with Gasteiger partial charge in [-0.05, 0) is 47.3 Å². The van der Waals surface area contributed by atoms with Crippen LogP contribution in [0.2, 0.25) is 0 Å². The van der Waals surface area contributed by atoms with E-state index in [1.807, 2.05) is 24.3 Å². The maximum absolute atomic E-state index is 12.0. The lowest BCUT2D eigenvalue weighted by Crippen LogP contribution is -2.33. The fraction of sp³-hybridized carbons (Fsp3) is 0.500. The molecule has 0 saturated heterocycles. The summed E-state index contributed by atoms with van der Waals surface area (Å²) in [5.41, 5.74) is 0.698. The number of nitrogens with one attached hydrogen (secondary N) is 1. The van der Waals surface area contributed by atoms with E-state index in [4.69, 9.17) is 0 Å². The summed E-state index contributed by atoms with van der Waals surface area (Å²) in [6.45, 7) is 6.44. The second-order valence-electron chi connectivity index (χ2n) is 4.60. The van der Waals surface area contributed by atoms with Crippen molar-refractivity contribution in [2.45, 2.75) is 39.7 Å². The topological polar surface area (TPSA) is 29.1 Å². The Bertz CT molecular complexity index is 378. The number of benzene rings is 1. The quantitative estimate of drug-likeness (QED) is 0.874. The molecule has 0 aliphatic heterocycles. The van der Waals surface area contributed by atoms with Crippen LogP contribution < -0.4 is 5.32 Å². The van der Waals surface area contributed by atoms with E-state index >= 15 is 0 Å². The van der Waals surface area contributed by atoms with Crippen molar-refractivity contribution >= 4 is 21.8 Å². The molecule has 0 saturated carbocycles. The first-order chi connectivity index (χ1) is 8.04. The molecular weight excluding hydrogens is 278 g/mol. The zero-order valence-corrected chi connectivity index (χ0v) is 12.3. The highest BCUT2D eigenvalue weighted by molar-refractivity contribution is 9.10. The van der Waals surface area contributed by atoms with E-state index < -0.39 is 0 Å². The predicted molar refractivity (Wildman–Crippen MR) is 75.1 cm³/mol. The number of hydrogen-bond acceptors (Lipinski definition) is 1. The van der Waals surface area contributed by atoms with Gasteiger partial charge in [0.2, 0.25) is 0 Å². The molecule has 2 unspecified atom stereocenters. The zero-order valence-electron chi connectivity index (χ0n) is 10.7. The maximum atomic E-state index is 12.0. The fourth-order valence-electron chi connectivity index (χ4n) is 1.78. The normalized spacial score (nSPS) is 14.1. The Morgan fingerprint density at radius 3 is 2.59 bits per heavy atom. The third kappa shape index (κ3) is 4.50. The number of rotatable bonds is 5. The maximum Gasteiger partial charge on any atom is 0.252 e. The average Bonchev–Trinajstić information content (AvgIpc) is 2.29. The zero-order chi connectivity index (χ0) is 12.8. The van der Waals surface area contributed by atoms with Crippen molar-refractivity contribution in [1.29, 1.82) is 0 Å². The van der Waals surface area contributed by atoms with Gasteiger partial charge in [-0.2, -0.15) is 0 Å². The van der Waals surface area contributed by atoms with Crippen LogP contribution in [0, 0.1) is 5.92 Å². The molecule has 17 heavy (non-hydrogen) atoms. The summed E-state index contributed by atoms with van der Waals surface area (Å²) < 4.78 is 0.841. The Balaban J connectivity index is 2.58. The van der Waals surface area contributed by atoms with Crippen molar-refractivity contribution in [2.24, 2.45) is 5.92 Å². The summed E-state index contributed by atoms with van der Waals surface area (Å²) in [7, 11) is 0. The molecule has 0 spiro atoms. The van der Waals surface area contributed by atoms with E-state index in [9.17, 15) is 4.79 Å². The molecule has 1 rings (SSSR count). The van der Waals surface area contributed by atoms with Crippen LogP contribution in [0.5, 0.6) is 0 Å². The van der Waals surface area contributed by atoms with E-state index in [1.165, 1.54) is 0 Å². The van der Waals surface area contributed by atoms with Gasteiger partial charge in [-0.25, -0.2) is 0 Å². The van der Waals surface area contributed by atoms with Gasteiger partial charge in [0.25, 0.3) is 5.91 Å². The molecule has 0 fully saturated rings. The summed E-state index contributed by atoms with van der Waals surface area (Å²) in [6.07, 6.45) is 2.17. The van der Waals surface area contributed by atoms with Gasteiger partial charge in [0.15, 0.2) is 0 Å². The van der Waals surface area contributed by atoms with E-state index in [0.29, 0.717) is 11.5 Å². The molecule has 94 valence electrons. The Morgan fingerprint density at radius 2 is 2.00 bits per heavy atom. The third-order valence-electron chi connectivity index (χ3n) is 2.95. The third-order valence-corrected chi connectivity index (χ3v) is 3.64. The molecular formula is C14H20BrNO. The lowest BCUT2D eigenvalue weighted by molar-refractivity contribution is 0.0934. The molecule has 2 atom stereocenters. The standard InChI is InChI=1S/C14H20BrNO/c1-4-10(2)9-11(3)16-14(17)12-7-5-6-8-13(12)15/h5-8,10-11H,4,9H2,1-3H3,(H,16,17). The van der Waals surface area contributed by atoms with E-state index in [1.54, 1.807) is 0 Å². The first kappa shape index (κ1) is 14.2. The first-order valence-corrected chi connectivity index (χ1v) is 6.89. The highest BCUT2D eigenvalue weighted by atomic mass is 79.9. The minimum atomic E-state index is -0.00622. The summed E-state index contributed by atoms with van der Waals surface area (Å²) in [5.74, 6) is 0.637. The molecule has 0 aliphatic rings. The first-order valence-electron chi connectivity index (χ1n) is 6.10. The van der Waals surface area contributed by atoms with Gasteiger partial charge in [0.05, 0.1) is 5.56 Å². The summed E-state index contributed by atoms with van der Waals surface area (Å²) in [6, 6.07) is 7.70. The second kappa shape index (κ2) is 6.80. The Hall–Kier alpha value is -0.830. The van der Waals surface area contributed by atoms with Crippen LogP contribution in [-0.4, -0.2) is 11.9 Å². The Kier molecular flexibility index (Phi) is 5.69. The summed E-state index contributed by atoms with van der Waals surface area (Å²) in [5, 5.41) is 3.03. The van der Waals surface area contributed by atoms with Gasteiger partial charge in [-0.3, -0.25) is 4.79 Å². The molecule has 0 heterocycles. The van der Waals surface area contributed by atoms with Gasteiger partial charge in [0, 0.05) is 10.5 Å². The second-order valence-corrected chi connectivity index (χ2v) is 5.46. The van der Waals surface area contributed by atoms with Crippen molar-refractivity contribution in [3.05, 3.63) is 34.3 Å². The molecule has 0 bridgehead atoms. The molecule has 0 aromatic heterocycles. The Labute approximate surface area is 112 Å². The van der Waals surface area contributed by atoms with E-state index in [2.05, 4.69) is 42.0 Å². The molecule has 1 aromatic carbocycles. The van der Waals surface area contributed by atoms with Crippen LogP contribution in [0.25, 0.3) is 0 Å². The predicted octanol–water partition coefficient (Wildman–Crippen LogP) is 4.00. The van der Waals surface area contributed by atoms with Crippen molar-refractivity contribution in [3.8, 4) is 0 Å². The van der Waals surface area contributed by atoms with Crippen LogP contribution >= 0.6 is 15.9 Å². The van der Waals surface area contributed by atoms with Crippen LogP contribution in [0.15, 0.2) is 28.7 Å². The molecule has 0 radical (unpaired) electrons. The highest BCUT2D eigenvalue weighted by Crippen LogP contribution is 2.16. The minimum Gasteiger partial charge on any atom is -0.350 e. The number of carbonyl (C=O) groups excluding carboxylic acids is 1. The van der Waals surface area contributed by atoms with Crippen LogP contribution in [0.1, 0.15) is 44.0 Å². The number of hydrogen-bond donors (Lipinski definition) is 1. The molecule has 1 aromatic rings. The van der Waals surface area contributed by atoms with Crippen LogP contribution in [0.3, 0.4) is 0 Å². The van der Waals surface area contributed by atoms with Crippen molar-refractivity contribution in [3.63, 3.8) is 0 Å². The smallest absolute Gasteiger partial charge is 0.252 e. The molecule has 2 nitrogen and oxygen atoms in total. The lowest BCUT2D eigenvalue weighted by atomic mass is 10.0. The van der Waals surface area contributed by atoms with E-state index in [0.717, 1.165) is 17.3 Å². The molecule has 3 heteroatoms.